The molecular formula is C11H18N2O3. The molecule has 0 unspecified atom stereocenters. The zero-order chi connectivity index (χ0) is 12.8. The summed E-state index contributed by atoms with van der Waals surface area (Å²) in [7, 11) is 2.66. The Morgan fingerprint density at radius 2 is 1.69 bits per heavy atom. The van der Waals surface area contributed by atoms with Gasteiger partial charge < -0.3 is 15.2 Å². The molecule has 0 saturated carbocycles. The van der Waals surface area contributed by atoms with Crippen LogP contribution in [0.5, 0.6) is 0 Å². The van der Waals surface area contributed by atoms with Gasteiger partial charge >= 0.3 is 0 Å². The van der Waals surface area contributed by atoms with E-state index in [0.29, 0.717) is 6.47 Å². The number of methoxy groups -OCH3 is 2. The topological polar surface area (TPSA) is 85.4 Å². The average molecular weight is 226 g/mol. The van der Waals surface area contributed by atoms with Crippen LogP contribution in [0, 0.1) is 12.3 Å². The summed E-state index contributed by atoms with van der Waals surface area (Å²) in [4.78, 5) is 8.95. The Balaban J connectivity index is 0. The zero-order valence-corrected chi connectivity index (χ0v) is 9.77. The Labute approximate surface area is 95.7 Å². The average Bonchev–Trinajstić information content (AvgIpc) is 2.31. The first-order valence-electron chi connectivity index (χ1n) is 4.44. The van der Waals surface area contributed by atoms with Gasteiger partial charge in [-0.2, -0.15) is 0 Å². The lowest BCUT2D eigenvalue weighted by Crippen LogP contribution is -2.10. The molecule has 5 heteroatoms. The minimum absolute atomic E-state index is 0.245. The van der Waals surface area contributed by atoms with Crippen LogP contribution in [0.25, 0.3) is 0 Å². The summed E-state index contributed by atoms with van der Waals surface area (Å²) >= 11 is 0. The lowest BCUT2D eigenvalue weighted by Gasteiger charge is -1.85. The Morgan fingerprint density at radius 1 is 1.31 bits per heavy atom. The summed E-state index contributed by atoms with van der Waals surface area (Å²) in [6.45, 7) is 2.46. The molecule has 0 heterocycles. The molecule has 0 fully saturated rings. The summed E-state index contributed by atoms with van der Waals surface area (Å²) in [5.74, 6) is 0. The van der Waals surface area contributed by atoms with Crippen LogP contribution in [0.15, 0.2) is 30.3 Å². The number of hydrogen-bond acceptors (Lipinski definition) is 4. The van der Waals surface area contributed by atoms with Gasteiger partial charge in [0, 0.05) is 0 Å². The molecule has 0 aliphatic heterocycles. The number of benzene rings is 1. The van der Waals surface area contributed by atoms with Crippen molar-refractivity contribution in [1.29, 1.82) is 5.41 Å². The Bertz CT molecular complexity index is 276. The molecule has 16 heavy (non-hydrogen) atoms. The molecule has 90 valence electrons. The number of amidine groups is 1. The van der Waals surface area contributed by atoms with Crippen molar-refractivity contribution in [2.24, 2.45) is 5.73 Å². The van der Waals surface area contributed by atoms with E-state index in [9.17, 15) is 0 Å². The molecule has 0 spiro atoms. The predicted molar refractivity (Wildman–Crippen MR) is 63.2 cm³/mol. The fraction of sp³-hybridized carbons (Fsp3) is 0.273. The maximum Gasteiger partial charge on any atom is 0.292 e. The fourth-order valence-corrected chi connectivity index (χ4v) is 0.534. The van der Waals surface area contributed by atoms with Crippen LogP contribution < -0.4 is 5.73 Å². The number of hydrogen-bond donors (Lipinski definition) is 2. The zero-order valence-electron chi connectivity index (χ0n) is 9.77. The number of nitrogens with two attached hydrogens (primary N) is 1. The third-order valence-electron chi connectivity index (χ3n) is 1.26. The number of nitrogens with one attached hydrogen (secondary N) is 1. The van der Waals surface area contributed by atoms with Crippen LogP contribution in [0.1, 0.15) is 5.56 Å². The van der Waals surface area contributed by atoms with Gasteiger partial charge in [0.25, 0.3) is 12.5 Å². The maximum atomic E-state index is 8.95. The molecule has 0 aliphatic carbocycles. The van der Waals surface area contributed by atoms with E-state index in [1.165, 1.54) is 19.8 Å². The second-order valence-corrected chi connectivity index (χ2v) is 2.56. The monoisotopic (exact) mass is 226 g/mol. The minimum atomic E-state index is -0.245. The van der Waals surface area contributed by atoms with Gasteiger partial charge in [-0.15, -0.1) is 0 Å². The second kappa shape index (κ2) is 13.0. The smallest absolute Gasteiger partial charge is 0.292 e. The van der Waals surface area contributed by atoms with Gasteiger partial charge in [-0.25, -0.2) is 0 Å². The van der Waals surface area contributed by atoms with Gasteiger partial charge in [-0.1, -0.05) is 35.9 Å². The van der Waals surface area contributed by atoms with Gasteiger partial charge in [0.2, 0.25) is 0 Å². The van der Waals surface area contributed by atoms with Crippen LogP contribution in [0.2, 0.25) is 0 Å². The Morgan fingerprint density at radius 3 is 1.81 bits per heavy atom. The molecule has 1 aromatic carbocycles. The van der Waals surface area contributed by atoms with Crippen molar-refractivity contribution in [2.75, 3.05) is 14.2 Å². The van der Waals surface area contributed by atoms with Gasteiger partial charge in [0.1, 0.15) is 0 Å². The van der Waals surface area contributed by atoms with E-state index in [1.54, 1.807) is 0 Å². The third-order valence-corrected chi connectivity index (χ3v) is 1.26. The highest BCUT2D eigenvalue weighted by molar-refractivity contribution is 5.67. The van der Waals surface area contributed by atoms with E-state index in [0.717, 1.165) is 0 Å². The molecular weight excluding hydrogens is 208 g/mol. The minimum Gasteiger partial charge on any atom is -0.471 e. The van der Waals surface area contributed by atoms with Crippen molar-refractivity contribution in [3.05, 3.63) is 35.9 Å². The van der Waals surface area contributed by atoms with Crippen LogP contribution in [-0.2, 0) is 14.3 Å². The predicted octanol–water partition coefficient (Wildman–Crippen LogP) is 1.31. The first-order valence-corrected chi connectivity index (χ1v) is 4.44. The molecule has 1 rings (SSSR count). The molecule has 0 amide bonds. The van der Waals surface area contributed by atoms with Crippen LogP contribution in [0.3, 0.4) is 0 Å². The van der Waals surface area contributed by atoms with E-state index in [-0.39, 0.29) is 6.02 Å². The van der Waals surface area contributed by atoms with Crippen molar-refractivity contribution in [1.82, 2.24) is 0 Å². The van der Waals surface area contributed by atoms with Gasteiger partial charge in [-0.3, -0.25) is 10.2 Å². The molecule has 0 aliphatic rings. The second-order valence-electron chi connectivity index (χ2n) is 2.56. The Hall–Kier alpha value is -2.04. The molecule has 1 aromatic rings. The standard InChI is InChI=1S/C7H8.C2H6N2O.C2H4O2/c1-7-5-3-2-4-6-7;1-5-2(3)4;1-4-2-3/h2-6H,1H3;1H3,(H3,3,4);2H,1H3. The number of rotatable bonds is 1. The molecule has 5 nitrogen and oxygen atoms in total. The van der Waals surface area contributed by atoms with Gasteiger partial charge in [0.15, 0.2) is 0 Å². The number of ether oxygens (including phenoxy) is 2. The summed E-state index contributed by atoms with van der Waals surface area (Å²) in [6, 6.07) is 10.0. The number of aryl methyl sites for hydroxylation is 1. The summed E-state index contributed by atoms with van der Waals surface area (Å²) < 4.78 is 7.97. The quantitative estimate of drug-likeness (QED) is 0.429. The molecule has 3 N–H and O–H groups in total. The molecule has 0 bridgehead atoms. The normalized spacial score (nSPS) is 7.19. The van der Waals surface area contributed by atoms with Gasteiger partial charge in [-0.05, 0) is 6.92 Å². The highest BCUT2D eigenvalue weighted by Crippen LogP contribution is 1.92. The first-order chi connectivity index (χ1) is 7.58. The lowest BCUT2D eigenvalue weighted by atomic mass is 10.2. The van der Waals surface area contributed by atoms with E-state index in [4.69, 9.17) is 10.2 Å². The SMILES string of the molecule is COC(=N)N.COC=O.Cc1ccccc1. The van der Waals surface area contributed by atoms with E-state index < -0.39 is 0 Å². The highest BCUT2D eigenvalue weighted by atomic mass is 16.5. The molecule has 0 atom stereocenters. The third kappa shape index (κ3) is 17.9. The number of carbonyl (C=O) groups is 1. The van der Waals surface area contributed by atoms with E-state index in [2.05, 4.69) is 34.3 Å². The maximum absolute atomic E-state index is 8.95. The fourth-order valence-electron chi connectivity index (χ4n) is 0.534. The van der Waals surface area contributed by atoms with Crippen LogP contribution in [0.4, 0.5) is 0 Å². The van der Waals surface area contributed by atoms with Crippen LogP contribution >= 0.6 is 0 Å². The molecule has 0 aromatic heterocycles. The van der Waals surface area contributed by atoms with Crippen LogP contribution in [-0.4, -0.2) is 26.7 Å². The van der Waals surface area contributed by atoms with Crippen molar-refractivity contribution in [3.8, 4) is 0 Å². The van der Waals surface area contributed by atoms with E-state index >= 15 is 0 Å². The Kier molecular flexibility index (Phi) is 13.3. The van der Waals surface area contributed by atoms with Gasteiger partial charge in [0.05, 0.1) is 14.2 Å². The largest absolute Gasteiger partial charge is 0.471 e. The summed E-state index contributed by atoms with van der Waals surface area (Å²) in [5.41, 5.74) is 5.97. The van der Waals surface area contributed by atoms with Crippen molar-refractivity contribution in [2.45, 2.75) is 6.92 Å². The molecule has 0 saturated heterocycles. The van der Waals surface area contributed by atoms with Crippen molar-refractivity contribution < 1.29 is 14.3 Å². The number of carbonyl (C=O) groups excluding carboxylic acids is 1. The van der Waals surface area contributed by atoms with Crippen molar-refractivity contribution in [3.63, 3.8) is 0 Å². The van der Waals surface area contributed by atoms with E-state index in [1.807, 2.05) is 18.2 Å². The highest BCUT2D eigenvalue weighted by Gasteiger charge is 1.72. The summed E-state index contributed by atoms with van der Waals surface area (Å²) in [6.07, 6.45) is 0. The summed E-state index contributed by atoms with van der Waals surface area (Å²) in [5, 5.41) is 6.30. The molecule has 0 radical (unpaired) electrons. The van der Waals surface area contributed by atoms with Crippen molar-refractivity contribution >= 4 is 12.5 Å². The lowest BCUT2D eigenvalue weighted by molar-refractivity contribution is -0.126. The first kappa shape index (κ1) is 16.4.